The number of hydrogen-bond acceptors (Lipinski definition) is 6. The average Bonchev–Trinajstić information content (AvgIpc) is 3.38. The molecule has 6 rings (SSSR count). The maximum Gasteiger partial charge on any atom is 0.408 e. The third-order valence-corrected chi connectivity index (χ3v) is 9.25. The van der Waals surface area contributed by atoms with Crippen LogP contribution in [-0.4, -0.2) is 61.1 Å². The van der Waals surface area contributed by atoms with Crippen molar-refractivity contribution < 1.29 is 14.6 Å². The molecule has 2 atom stereocenters. The van der Waals surface area contributed by atoms with E-state index in [1.54, 1.807) is 4.90 Å². The van der Waals surface area contributed by atoms with Gasteiger partial charge in [0.25, 0.3) is 0 Å². The number of amides is 1. The van der Waals surface area contributed by atoms with Crippen molar-refractivity contribution in [1.29, 1.82) is 0 Å². The molecule has 3 aromatic rings. The number of carbonyl (C=O) groups is 1. The van der Waals surface area contributed by atoms with Gasteiger partial charge in [-0.25, -0.2) is 19.4 Å². The van der Waals surface area contributed by atoms with Gasteiger partial charge in [0.1, 0.15) is 11.3 Å². The third kappa shape index (κ3) is 4.33. The standard InChI is InChI=1S/C28H35IN6O3/c1-27(2,3)34(26(36)37)23-19-9-5-4-8-18(19)16-28(23)11-13-33(14-12-28)20-17-30-22-24(29)32-35(25(22)31-20)21-10-6-7-15-38-21/h4-5,8-9,17,21,23H,6-7,10-16H2,1-3H3,(H,36,37)/t21?,23-/m1/s1. The van der Waals surface area contributed by atoms with Crippen LogP contribution < -0.4 is 4.90 Å². The minimum atomic E-state index is -0.856. The molecule has 0 saturated carbocycles. The monoisotopic (exact) mass is 630 g/mol. The maximum absolute atomic E-state index is 12.6. The molecule has 0 bridgehead atoms. The molecule has 1 unspecified atom stereocenters. The summed E-state index contributed by atoms with van der Waals surface area (Å²) in [5, 5.41) is 15.1. The van der Waals surface area contributed by atoms with Crippen LogP contribution in [0.5, 0.6) is 0 Å². The highest BCUT2D eigenvalue weighted by atomic mass is 127. The molecule has 2 saturated heterocycles. The largest absolute Gasteiger partial charge is 0.465 e. The summed E-state index contributed by atoms with van der Waals surface area (Å²) in [5.74, 6) is 0.846. The van der Waals surface area contributed by atoms with Gasteiger partial charge < -0.3 is 14.7 Å². The van der Waals surface area contributed by atoms with Crippen molar-refractivity contribution >= 4 is 45.7 Å². The average molecular weight is 631 g/mol. The van der Waals surface area contributed by atoms with Crippen molar-refractivity contribution in [2.45, 2.75) is 77.1 Å². The third-order valence-electron chi connectivity index (χ3n) is 8.52. The van der Waals surface area contributed by atoms with Gasteiger partial charge in [0, 0.05) is 30.7 Å². The van der Waals surface area contributed by atoms with E-state index in [-0.39, 0.29) is 17.7 Å². The highest BCUT2D eigenvalue weighted by Gasteiger charge is 2.53. The number of hydrogen-bond donors (Lipinski definition) is 1. The topological polar surface area (TPSA) is 96.6 Å². The van der Waals surface area contributed by atoms with Gasteiger partial charge in [-0.2, -0.15) is 5.10 Å². The second kappa shape index (κ2) is 9.62. The summed E-state index contributed by atoms with van der Waals surface area (Å²) in [5.41, 5.74) is 3.36. The van der Waals surface area contributed by atoms with Gasteiger partial charge in [0.2, 0.25) is 0 Å². The lowest BCUT2D eigenvalue weighted by atomic mass is 9.71. The molecule has 0 radical (unpaired) electrons. The van der Waals surface area contributed by atoms with Crippen LogP contribution in [0.1, 0.15) is 76.3 Å². The summed E-state index contributed by atoms with van der Waals surface area (Å²) in [4.78, 5) is 26.4. The van der Waals surface area contributed by atoms with E-state index in [1.165, 1.54) is 5.56 Å². The van der Waals surface area contributed by atoms with Gasteiger partial charge in [0.15, 0.2) is 15.6 Å². The Labute approximate surface area is 236 Å². The Morgan fingerprint density at radius 1 is 1.21 bits per heavy atom. The van der Waals surface area contributed by atoms with E-state index >= 15 is 0 Å². The summed E-state index contributed by atoms with van der Waals surface area (Å²) in [6, 6.07) is 8.23. The molecule has 2 aliphatic heterocycles. The lowest BCUT2D eigenvalue weighted by Gasteiger charge is -2.50. The molecule has 4 heterocycles. The molecule has 10 heteroatoms. The van der Waals surface area contributed by atoms with Gasteiger partial charge >= 0.3 is 6.09 Å². The molecule has 38 heavy (non-hydrogen) atoms. The highest BCUT2D eigenvalue weighted by Crippen LogP contribution is 2.56. The Morgan fingerprint density at radius 3 is 2.66 bits per heavy atom. The van der Waals surface area contributed by atoms with E-state index in [0.717, 1.165) is 84.5 Å². The Bertz CT molecular complexity index is 1350. The lowest BCUT2D eigenvalue weighted by Crippen LogP contribution is -2.54. The molecule has 9 nitrogen and oxygen atoms in total. The van der Waals surface area contributed by atoms with E-state index in [9.17, 15) is 9.90 Å². The van der Waals surface area contributed by atoms with Crippen molar-refractivity contribution in [3.8, 4) is 0 Å². The zero-order chi connectivity index (χ0) is 26.7. The summed E-state index contributed by atoms with van der Waals surface area (Å²) in [6.07, 6.45) is 6.70. The highest BCUT2D eigenvalue weighted by molar-refractivity contribution is 14.1. The quantitative estimate of drug-likeness (QED) is 0.366. The number of carboxylic acid groups (broad SMARTS) is 1. The van der Waals surface area contributed by atoms with E-state index in [0.29, 0.717) is 0 Å². The van der Waals surface area contributed by atoms with Crippen molar-refractivity contribution in [2.75, 3.05) is 24.6 Å². The minimum Gasteiger partial charge on any atom is -0.465 e. The SMILES string of the molecule is CC(C)(C)N(C(=O)O)[C@@H]1c2ccccc2CC12CCN(c1cnc3c(I)nn(C4CCCCO4)c3n1)CC2. The van der Waals surface area contributed by atoms with Crippen LogP contribution in [0.15, 0.2) is 30.5 Å². The summed E-state index contributed by atoms with van der Waals surface area (Å²) in [6.45, 7) is 8.33. The number of nitrogens with zero attached hydrogens (tertiary/aromatic N) is 6. The lowest BCUT2D eigenvalue weighted by molar-refractivity contribution is -0.0372. The first-order valence-corrected chi connectivity index (χ1v) is 14.6. The van der Waals surface area contributed by atoms with E-state index in [4.69, 9.17) is 19.8 Å². The summed E-state index contributed by atoms with van der Waals surface area (Å²) in [7, 11) is 0. The van der Waals surface area contributed by atoms with Crippen molar-refractivity contribution in [3.63, 3.8) is 0 Å². The van der Waals surface area contributed by atoms with Crippen molar-refractivity contribution in [1.82, 2.24) is 24.6 Å². The van der Waals surface area contributed by atoms with Crippen LogP contribution >= 0.6 is 22.6 Å². The Balaban J connectivity index is 1.30. The number of halogens is 1. The smallest absolute Gasteiger partial charge is 0.408 e. The van der Waals surface area contributed by atoms with Crippen LogP contribution in [-0.2, 0) is 11.2 Å². The molecule has 1 aromatic carbocycles. The summed E-state index contributed by atoms with van der Waals surface area (Å²) >= 11 is 2.23. The molecular weight excluding hydrogens is 595 g/mol. The fourth-order valence-electron chi connectivity index (χ4n) is 6.73. The van der Waals surface area contributed by atoms with E-state index < -0.39 is 11.6 Å². The summed E-state index contributed by atoms with van der Waals surface area (Å²) < 4.78 is 8.76. The van der Waals surface area contributed by atoms with Crippen LogP contribution in [0.25, 0.3) is 11.2 Å². The zero-order valence-corrected chi connectivity index (χ0v) is 24.4. The first-order valence-electron chi connectivity index (χ1n) is 13.6. The molecule has 3 aliphatic rings. The van der Waals surface area contributed by atoms with Gasteiger partial charge in [0.05, 0.1) is 12.2 Å². The number of anilines is 1. The van der Waals surface area contributed by atoms with Crippen LogP contribution in [0.3, 0.4) is 0 Å². The molecule has 1 amide bonds. The molecule has 202 valence electrons. The number of aromatic nitrogens is 4. The molecule has 1 aliphatic carbocycles. The minimum absolute atomic E-state index is 0.0962. The van der Waals surface area contributed by atoms with Crippen molar-refractivity contribution in [2.24, 2.45) is 5.41 Å². The van der Waals surface area contributed by atoms with Crippen molar-refractivity contribution in [3.05, 3.63) is 45.3 Å². The van der Waals surface area contributed by atoms with E-state index in [2.05, 4.69) is 45.7 Å². The fourth-order valence-corrected chi connectivity index (χ4v) is 7.34. The van der Waals surface area contributed by atoms with Crippen LogP contribution in [0.4, 0.5) is 10.6 Å². The second-order valence-electron chi connectivity index (χ2n) is 11.9. The number of benzene rings is 1. The van der Waals surface area contributed by atoms with Crippen LogP contribution in [0.2, 0.25) is 0 Å². The predicted octanol–water partition coefficient (Wildman–Crippen LogP) is 5.79. The normalized spacial score (nSPS) is 23.1. The fraction of sp³-hybridized carbons (Fsp3) is 0.571. The Kier molecular flexibility index (Phi) is 6.53. The van der Waals surface area contributed by atoms with E-state index in [1.807, 2.05) is 37.7 Å². The van der Waals surface area contributed by atoms with Gasteiger partial charge in [-0.15, -0.1) is 0 Å². The molecular formula is C28H35IN6O3. The van der Waals surface area contributed by atoms with Gasteiger partial charge in [-0.1, -0.05) is 24.3 Å². The first-order chi connectivity index (χ1) is 18.2. The molecule has 1 spiro atoms. The Morgan fingerprint density at radius 2 is 1.97 bits per heavy atom. The number of fused-ring (bicyclic) bond motifs is 2. The molecule has 2 fully saturated rings. The van der Waals surface area contributed by atoms with Gasteiger partial charge in [-0.05, 0) is 93.0 Å². The predicted molar refractivity (Wildman–Crippen MR) is 153 cm³/mol. The second-order valence-corrected chi connectivity index (χ2v) is 12.9. The first kappa shape index (κ1) is 25.8. The number of piperidine rings is 1. The molecule has 2 aromatic heterocycles. The maximum atomic E-state index is 12.6. The van der Waals surface area contributed by atoms with Crippen LogP contribution in [0, 0.1) is 9.12 Å². The number of rotatable bonds is 3. The molecule has 1 N–H and O–H groups in total. The van der Waals surface area contributed by atoms with Gasteiger partial charge in [-0.3, -0.25) is 4.90 Å². The zero-order valence-electron chi connectivity index (χ0n) is 22.2. The Hall–Kier alpha value is -2.47. The number of ether oxygens (including phenoxy) is 1.